The molecule has 0 saturated heterocycles. The third kappa shape index (κ3) is 6.16. The number of nitro groups is 2. The monoisotopic (exact) mass is 473 g/mol. The van der Waals surface area contributed by atoms with Crippen LogP contribution in [0.1, 0.15) is 10.4 Å². The number of alkyl halides is 1. The zero-order valence-corrected chi connectivity index (χ0v) is 16.4. The molecule has 1 aromatic rings. The first-order valence-electron chi connectivity index (χ1n) is 6.80. The van der Waals surface area contributed by atoms with Gasteiger partial charge in [-0.3, -0.25) is 29.2 Å². The summed E-state index contributed by atoms with van der Waals surface area (Å²) in [5.41, 5.74) is -2.07. The molecule has 1 aromatic carbocycles. The zero-order valence-electron chi connectivity index (χ0n) is 13.3. The molecular formula is C12H13BrClN3O8S. The van der Waals surface area contributed by atoms with Crippen LogP contribution in [0.15, 0.2) is 12.1 Å². The van der Waals surface area contributed by atoms with E-state index in [1.54, 1.807) is 0 Å². The Hall–Kier alpha value is -1.83. The van der Waals surface area contributed by atoms with Crippen molar-refractivity contribution < 1.29 is 27.2 Å². The van der Waals surface area contributed by atoms with Gasteiger partial charge >= 0.3 is 0 Å². The molecule has 0 unspecified atom stereocenters. The highest BCUT2D eigenvalue weighted by molar-refractivity contribution is 9.09. The normalized spacial score (nSPS) is 11.2. The standard InChI is InChI=1S/C12H13BrClN3O8S/c1-26(23,24)25-5-4-15(3-2-13)11-9(12(14)18)6-8(16(19)20)7-10(11)17(21)22/h6-7H,2-5H2,1H3. The zero-order chi connectivity index (χ0) is 20.1. The minimum Gasteiger partial charge on any atom is -0.362 e. The maximum atomic E-state index is 11.7. The summed E-state index contributed by atoms with van der Waals surface area (Å²) in [7, 11) is -3.74. The highest BCUT2D eigenvalue weighted by atomic mass is 79.9. The molecule has 0 spiro atoms. The van der Waals surface area contributed by atoms with Crippen LogP contribution in [-0.2, 0) is 14.3 Å². The number of anilines is 1. The number of hydrogen-bond donors (Lipinski definition) is 0. The number of carbonyl (C=O) groups is 1. The lowest BCUT2D eigenvalue weighted by molar-refractivity contribution is -0.393. The van der Waals surface area contributed by atoms with Crippen LogP contribution in [-0.4, -0.2) is 54.8 Å². The maximum Gasteiger partial charge on any atom is 0.300 e. The molecule has 0 N–H and O–H groups in total. The van der Waals surface area contributed by atoms with Gasteiger partial charge in [0.05, 0.1) is 34.3 Å². The lowest BCUT2D eigenvalue weighted by atomic mass is 10.1. The Morgan fingerprint density at radius 1 is 1.27 bits per heavy atom. The second-order valence-electron chi connectivity index (χ2n) is 4.85. The average molecular weight is 475 g/mol. The van der Waals surface area contributed by atoms with Crippen LogP contribution in [0.2, 0.25) is 0 Å². The van der Waals surface area contributed by atoms with Crippen molar-refractivity contribution in [3.05, 3.63) is 37.9 Å². The van der Waals surface area contributed by atoms with Gasteiger partial charge in [0.15, 0.2) is 0 Å². The number of hydrogen-bond acceptors (Lipinski definition) is 9. The lowest BCUT2D eigenvalue weighted by Crippen LogP contribution is -2.32. The van der Waals surface area contributed by atoms with Crippen LogP contribution >= 0.6 is 27.5 Å². The summed E-state index contributed by atoms with van der Waals surface area (Å²) in [5, 5.41) is 21.5. The van der Waals surface area contributed by atoms with E-state index in [9.17, 15) is 33.4 Å². The molecule has 0 atom stereocenters. The van der Waals surface area contributed by atoms with Gasteiger partial charge in [0, 0.05) is 24.5 Å². The molecule has 0 aliphatic heterocycles. The van der Waals surface area contributed by atoms with Crippen LogP contribution < -0.4 is 4.90 Å². The van der Waals surface area contributed by atoms with Crippen molar-refractivity contribution in [1.82, 2.24) is 0 Å². The number of non-ortho nitro benzene ring substituents is 1. The quantitative estimate of drug-likeness (QED) is 0.163. The molecule has 0 saturated carbocycles. The van der Waals surface area contributed by atoms with E-state index in [4.69, 9.17) is 11.6 Å². The van der Waals surface area contributed by atoms with Gasteiger partial charge in [0.2, 0.25) is 0 Å². The largest absolute Gasteiger partial charge is 0.362 e. The summed E-state index contributed by atoms with van der Waals surface area (Å²) in [4.78, 5) is 33.6. The Morgan fingerprint density at radius 2 is 1.88 bits per heavy atom. The van der Waals surface area contributed by atoms with Crippen LogP contribution in [0.4, 0.5) is 17.1 Å². The molecule has 0 bridgehead atoms. The molecule has 26 heavy (non-hydrogen) atoms. The highest BCUT2D eigenvalue weighted by Gasteiger charge is 2.30. The molecular weight excluding hydrogens is 462 g/mol. The number of halogens is 2. The summed E-state index contributed by atoms with van der Waals surface area (Å²) < 4.78 is 26.7. The molecule has 0 radical (unpaired) electrons. The Kier molecular flexibility index (Phi) is 7.87. The van der Waals surface area contributed by atoms with E-state index in [1.807, 2.05) is 0 Å². The molecule has 1 rings (SSSR count). The highest BCUT2D eigenvalue weighted by Crippen LogP contribution is 2.37. The van der Waals surface area contributed by atoms with Crippen LogP contribution in [0, 0.1) is 20.2 Å². The van der Waals surface area contributed by atoms with E-state index in [-0.39, 0.29) is 25.4 Å². The van der Waals surface area contributed by atoms with Crippen molar-refractivity contribution in [2.45, 2.75) is 0 Å². The number of benzene rings is 1. The van der Waals surface area contributed by atoms with E-state index in [2.05, 4.69) is 20.1 Å². The van der Waals surface area contributed by atoms with Crippen molar-refractivity contribution in [2.75, 3.05) is 36.2 Å². The predicted octanol–water partition coefficient (Wildman–Crippen LogP) is 2.06. The van der Waals surface area contributed by atoms with E-state index in [0.29, 0.717) is 11.4 Å². The molecule has 144 valence electrons. The number of rotatable bonds is 10. The fourth-order valence-electron chi connectivity index (χ4n) is 2.07. The molecule has 0 aliphatic rings. The van der Waals surface area contributed by atoms with Gasteiger partial charge in [0.1, 0.15) is 5.69 Å². The molecule has 0 heterocycles. The van der Waals surface area contributed by atoms with Gasteiger partial charge in [-0.2, -0.15) is 8.42 Å². The maximum absolute atomic E-state index is 11.7. The third-order valence-electron chi connectivity index (χ3n) is 3.02. The predicted molar refractivity (Wildman–Crippen MR) is 96.7 cm³/mol. The number of carbonyl (C=O) groups excluding carboxylic acids is 1. The fourth-order valence-corrected chi connectivity index (χ4v) is 3.02. The summed E-state index contributed by atoms with van der Waals surface area (Å²) in [6, 6.07) is 1.54. The number of nitro benzene ring substituents is 2. The molecule has 0 aliphatic carbocycles. The van der Waals surface area contributed by atoms with E-state index in [0.717, 1.165) is 12.3 Å². The molecule has 0 amide bonds. The smallest absolute Gasteiger partial charge is 0.300 e. The Morgan fingerprint density at radius 3 is 2.31 bits per heavy atom. The van der Waals surface area contributed by atoms with Gasteiger partial charge in [-0.15, -0.1) is 0 Å². The molecule has 0 aromatic heterocycles. The summed E-state index contributed by atoms with van der Waals surface area (Å²) in [6.07, 6.45) is 0.837. The van der Waals surface area contributed by atoms with Crippen molar-refractivity contribution >= 4 is 60.0 Å². The molecule has 11 nitrogen and oxygen atoms in total. The molecule has 0 fully saturated rings. The number of nitrogens with zero attached hydrogens (tertiary/aromatic N) is 3. The minimum absolute atomic E-state index is 0.114. The van der Waals surface area contributed by atoms with Crippen molar-refractivity contribution in [1.29, 1.82) is 0 Å². The Bertz CT molecular complexity index is 797. The first-order valence-corrected chi connectivity index (χ1v) is 10.1. The van der Waals surface area contributed by atoms with Gasteiger partial charge in [-0.05, 0) is 11.6 Å². The summed E-state index contributed by atoms with van der Waals surface area (Å²) >= 11 is 8.61. The van der Waals surface area contributed by atoms with E-state index < -0.39 is 42.1 Å². The third-order valence-corrected chi connectivity index (χ3v) is 4.18. The fraction of sp³-hybridized carbons (Fsp3) is 0.417. The lowest BCUT2D eigenvalue weighted by Gasteiger charge is -2.24. The van der Waals surface area contributed by atoms with Gasteiger partial charge in [0.25, 0.3) is 26.7 Å². The van der Waals surface area contributed by atoms with E-state index in [1.165, 1.54) is 4.90 Å². The van der Waals surface area contributed by atoms with E-state index >= 15 is 0 Å². The van der Waals surface area contributed by atoms with Crippen molar-refractivity contribution in [3.63, 3.8) is 0 Å². The van der Waals surface area contributed by atoms with Crippen LogP contribution in [0.25, 0.3) is 0 Å². The van der Waals surface area contributed by atoms with Crippen LogP contribution in [0.5, 0.6) is 0 Å². The minimum atomic E-state index is -3.74. The SMILES string of the molecule is CS(=O)(=O)OCCN(CCBr)c1c(C(=O)Cl)cc([N+](=O)[O-])cc1[N+](=O)[O-]. The Labute approximate surface area is 161 Å². The first-order chi connectivity index (χ1) is 12.0. The van der Waals surface area contributed by atoms with Crippen molar-refractivity contribution in [2.24, 2.45) is 0 Å². The van der Waals surface area contributed by atoms with Gasteiger partial charge < -0.3 is 4.90 Å². The second kappa shape index (κ2) is 9.21. The van der Waals surface area contributed by atoms with Crippen LogP contribution in [0.3, 0.4) is 0 Å². The summed E-state index contributed by atoms with van der Waals surface area (Å²) in [6.45, 7) is -0.382. The van der Waals surface area contributed by atoms with Gasteiger partial charge in [-0.1, -0.05) is 15.9 Å². The van der Waals surface area contributed by atoms with Crippen molar-refractivity contribution in [3.8, 4) is 0 Å². The Balaban J connectivity index is 3.49. The average Bonchev–Trinajstić information content (AvgIpc) is 2.51. The van der Waals surface area contributed by atoms with Gasteiger partial charge in [-0.25, -0.2) is 0 Å². The summed E-state index contributed by atoms with van der Waals surface area (Å²) in [5.74, 6) is 0. The molecule has 14 heteroatoms. The second-order valence-corrected chi connectivity index (χ2v) is 7.63. The first kappa shape index (κ1) is 22.2. The topological polar surface area (TPSA) is 150 Å².